The van der Waals surface area contributed by atoms with Crippen LogP contribution in [0.2, 0.25) is 0 Å². The van der Waals surface area contributed by atoms with Crippen molar-refractivity contribution in [2.75, 3.05) is 56.9 Å². The molecule has 0 aliphatic carbocycles. The summed E-state index contributed by atoms with van der Waals surface area (Å²) in [7, 11) is 3.34. The molecule has 26 heteroatoms. The van der Waals surface area contributed by atoms with E-state index in [1.54, 1.807) is 69.0 Å². The van der Waals surface area contributed by atoms with E-state index >= 15 is 0 Å². The van der Waals surface area contributed by atoms with E-state index in [1.807, 2.05) is 158 Å². The Kier molecular flexibility index (Phi) is 25.4. The highest BCUT2D eigenvalue weighted by atomic mass is 31.2. The number of fused-ring (bicyclic) bond motifs is 10. The number of benzene rings is 14. The van der Waals surface area contributed by atoms with Gasteiger partial charge in [-0.2, -0.15) is 0 Å². The summed E-state index contributed by atoms with van der Waals surface area (Å²) in [6.07, 6.45) is 0. The minimum atomic E-state index is -2.52. The molecule has 0 bridgehead atoms. The lowest BCUT2D eigenvalue weighted by Crippen LogP contribution is -2.16. The Balaban J connectivity index is 0.784. The Morgan fingerprint density at radius 3 is 0.669 bits per heavy atom. The molecule has 0 amide bonds. The van der Waals surface area contributed by atoms with Gasteiger partial charge in [0.05, 0.1) is 78.4 Å². The van der Waals surface area contributed by atoms with E-state index < -0.39 is 77.0 Å². The van der Waals surface area contributed by atoms with Crippen molar-refractivity contribution >= 4 is 121 Å². The van der Waals surface area contributed by atoms with Gasteiger partial charge in [-0.3, -0.25) is 0 Å². The second-order valence-electron chi connectivity index (χ2n) is 44.6. The van der Waals surface area contributed by atoms with Crippen LogP contribution in [0.1, 0.15) is 211 Å². The SMILES string of the molecule is COc1cc(-c2cc(OC)cc(C(C)(C)C)c2Op2oc3c(C(C)(C)C)cc(OC)cc3c3cc(OC)cc(C(C)(C)C)c3o2)c(OP2Oc3cccc4c(-c5c6cccc(O)c6c6c7c(cccc57)OP(Oc5c(-c7cc(OC)cc(C(C)(C)C)c7Op7oc8c(C(C)(C)C)cc(OC)cc8c8cc(OC)cc(C(C)(C)C)c8o7)cc(OC)cc5C(C)(C)C)O6)c5cccc(O)c5c(c34)O2)c(C(C)(C)C)c1. The topological polar surface area (TPSA) is 241 Å². The Morgan fingerprint density at radius 2 is 0.437 bits per heavy atom. The highest BCUT2D eigenvalue weighted by molar-refractivity contribution is 7.43. The highest BCUT2D eigenvalue weighted by Gasteiger charge is 2.43. The van der Waals surface area contributed by atoms with Crippen LogP contribution in [0.25, 0.3) is 120 Å². The first-order chi connectivity index (χ1) is 66.8. The average Bonchev–Trinajstić information content (AvgIpc) is 1.01. The van der Waals surface area contributed by atoms with Gasteiger partial charge in [0.1, 0.15) is 114 Å². The van der Waals surface area contributed by atoms with Crippen LogP contribution >= 0.6 is 33.7 Å². The Morgan fingerprint density at radius 1 is 0.225 bits per heavy atom. The number of phenolic OH excluding ortho intramolecular Hbond substituents is 2. The summed E-state index contributed by atoms with van der Waals surface area (Å²) in [5.74, 6) is 7.58. The fourth-order valence-electron chi connectivity index (χ4n) is 19.1. The second kappa shape index (κ2) is 36.2. The molecule has 142 heavy (non-hydrogen) atoms. The van der Waals surface area contributed by atoms with Crippen molar-refractivity contribution in [3.8, 4) is 137 Å². The molecule has 0 spiro atoms. The monoisotopic (exact) mass is 1990 g/mol. The van der Waals surface area contributed by atoms with E-state index in [0.717, 1.165) is 66.1 Å². The summed E-state index contributed by atoms with van der Waals surface area (Å²) >= 11 is 0. The maximum absolute atomic E-state index is 12.9. The third kappa shape index (κ3) is 18.0. The molecule has 18 rings (SSSR count). The fraction of sp³-hybridized carbons (Fsp3) is 0.345. The molecule has 2 aliphatic heterocycles. The number of ether oxygens (including phenoxy) is 8. The van der Waals surface area contributed by atoms with E-state index in [0.29, 0.717) is 191 Å². The Hall–Kier alpha value is -12.8. The van der Waals surface area contributed by atoms with Crippen LogP contribution in [0.15, 0.2) is 187 Å². The van der Waals surface area contributed by atoms with Crippen LogP contribution in [0.3, 0.4) is 0 Å². The molecular formula is C116H126O22P4. The molecule has 14 aromatic carbocycles. The van der Waals surface area contributed by atoms with Gasteiger partial charge in [0.15, 0.2) is 11.5 Å². The predicted molar refractivity (Wildman–Crippen MR) is 573 cm³/mol. The average molecular weight is 2000 g/mol. The van der Waals surface area contributed by atoms with Gasteiger partial charge in [-0.15, -0.1) is 0 Å². The zero-order chi connectivity index (χ0) is 102. The van der Waals surface area contributed by atoms with E-state index in [-0.39, 0.29) is 11.5 Å². The van der Waals surface area contributed by atoms with Crippen molar-refractivity contribution in [3.05, 3.63) is 214 Å². The molecule has 0 saturated carbocycles. The fourth-order valence-corrected chi connectivity index (χ4v) is 23.6. The molecule has 0 fully saturated rings. The van der Waals surface area contributed by atoms with Gasteiger partial charge >= 0.3 is 33.7 Å². The lowest BCUT2D eigenvalue weighted by Gasteiger charge is -2.32. The molecule has 2 aromatic heterocycles. The first kappa shape index (κ1) is 99.3. The standard InChI is InChI=1S/C116H126O22P4/c1-109(2,3)81-53-61(119-25)45-73(75-47-63(121-27)55-83(111(7,8)9)101(75)131-141-133-103-77(49-65(123-29)57-85(103)113(13,14)15)78-50-66(124-30)58-86(104(78)134-141)114(16,17)18)99(81)129-139-127-91-43-35-39-71-93(69-37-33-41-89(117)95(69)107(137-139)97(71)91)94-70-38-34-42-90(118)96(70)108-98-72(94)40-36-44-92(98)128-140(138-108)130-100-74(46-62(120-26)54-82(100)110(4,5)6)76-48-64(122-28)56-84(112(10,11)12)102(76)132-142-135-105-79(51-67(125-31)59-87(105)115(19,20)21)80-52-68(126-32)60-88(106(80)136-142)116(22,23)24/h33-60,117-118H,1-32H3. The quantitative estimate of drug-likeness (QED) is 0.0565. The van der Waals surface area contributed by atoms with Crippen LogP contribution < -0.4 is 74.1 Å². The van der Waals surface area contributed by atoms with E-state index in [9.17, 15) is 10.2 Å². The van der Waals surface area contributed by atoms with Gasteiger partial charge in [0.2, 0.25) is 0 Å². The summed E-state index contributed by atoms with van der Waals surface area (Å²) in [6.45, 7) is 51.1. The Labute approximate surface area is 834 Å². The van der Waals surface area contributed by atoms with Crippen LogP contribution in [-0.4, -0.2) is 67.1 Å². The highest BCUT2D eigenvalue weighted by Crippen LogP contribution is 2.66. The summed E-state index contributed by atoms with van der Waals surface area (Å²) in [6, 6.07) is 54.2. The normalized spacial score (nSPS) is 14.2. The molecular weight excluding hydrogens is 1870 g/mol. The minimum absolute atomic E-state index is 0.0803. The van der Waals surface area contributed by atoms with Crippen molar-refractivity contribution in [3.63, 3.8) is 0 Å². The molecule has 2 N–H and O–H groups in total. The first-order valence-corrected chi connectivity index (χ1v) is 51.8. The number of rotatable bonds is 19. The largest absolute Gasteiger partial charge is 0.530 e. The number of hydrogen-bond donors (Lipinski definition) is 2. The van der Waals surface area contributed by atoms with Crippen LogP contribution in [0.4, 0.5) is 0 Å². The third-order valence-electron chi connectivity index (χ3n) is 26.4. The van der Waals surface area contributed by atoms with Crippen LogP contribution in [0.5, 0.6) is 103 Å². The summed E-state index contributed by atoms with van der Waals surface area (Å²) in [5.41, 5.74) is 7.82. The minimum Gasteiger partial charge on any atom is -0.507 e. The zero-order valence-electron chi connectivity index (χ0n) is 87.0. The van der Waals surface area contributed by atoms with Crippen molar-refractivity contribution in [2.24, 2.45) is 0 Å². The molecule has 2 unspecified atom stereocenters. The first-order valence-electron chi connectivity index (χ1n) is 47.5. The maximum Gasteiger partial charge on any atom is 0.530 e. The number of hydrogen-bond acceptors (Lipinski definition) is 22. The van der Waals surface area contributed by atoms with Gasteiger partial charge in [-0.1, -0.05) is 215 Å². The van der Waals surface area contributed by atoms with Crippen molar-refractivity contribution < 1.29 is 101 Å². The van der Waals surface area contributed by atoms with E-state index in [1.165, 1.54) is 0 Å². The van der Waals surface area contributed by atoms with Crippen molar-refractivity contribution in [1.82, 2.24) is 0 Å². The molecule has 16 aromatic rings. The van der Waals surface area contributed by atoms with Gasteiger partial charge in [-0.25, -0.2) is 0 Å². The predicted octanol–water partition coefficient (Wildman–Crippen LogP) is 34.2. The molecule has 0 radical (unpaired) electrons. The Bertz CT molecular complexity index is 7220. The molecule has 2 atom stereocenters. The lowest BCUT2D eigenvalue weighted by molar-refractivity contribution is 0.374. The number of aromatic hydroxyl groups is 2. The maximum atomic E-state index is 12.9. The van der Waals surface area contributed by atoms with E-state index in [4.69, 9.17) is 90.9 Å². The summed E-state index contributed by atoms with van der Waals surface area (Å²) in [4.78, 5) is 0. The summed E-state index contributed by atoms with van der Waals surface area (Å²) in [5, 5.41) is 33.3. The van der Waals surface area contributed by atoms with Gasteiger partial charge in [0.25, 0.3) is 0 Å². The van der Waals surface area contributed by atoms with Crippen LogP contribution in [0, 0.1) is 0 Å². The molecule has 22 nitrogen and oxygen atoms in total. The summed E-state index contributed by atoms with van der Waals surface area (Å²) < 4.78 is 139. The van der Waals surface area contributed by atoms with Gasteiger partial charge in [0, 0.05) is 88.3 Å². The third-order valence-corrected chi connectivity index (χ3v) is 30.4. The lowest BCUT2D eigenvalue weighted by atomic mass is 9.81. The van der Waals surface area contributed by atoms with Gasteiger partial charge in [-0.05, 0) is 197 Å². The van der Waals surface area contributed by atoms with Crippen molar-refractivity contribution in [2.45, 2.75) is 209 Å². The molecule has 0 saturated heterocycles. The zero-order valence-corrected chi connectivity index (χ0v) is 90.6. The number of phenols is 2. The molecule has 742 valence electrons. The number of methoxy groups -OCH3 is 8. The molecule has 2 aliphatic rings. The van der Waals surface area contributed by atoms with E-state index in [2.05, 4.69) is 166 Å². The second-order valence-corrected chi connectivity index (χ2v) is 48.5. The van der Waals surface area contributed by atoms with Gasteiger partial charge < -0.3 is 101 Å². The van der Waals surface area contributed by atoms with Crippen LogP contribution in [-0.2, 0) is 43.3 Å². The smallest absolute Gasteiger partial charge is 0.507 e. The molecule has 4 heterocycles. The van der Waals surface area contributed by atoms with Crippen molar-refractivity contribution in [1.29, 1.82) is 0 Å².